The summed E-state index contributed by atoms with van der Waals surface area (Å²) in [6.07, 6.45) is 8.34. The van der Waals surface area contributed by atoms with Gasteiger partial charge in [-0.05, 0) is 61.6 Å². The molecule has 4 aromatic rings. The summed E-state index contributed by atoms with van der Waals surface area (Å²) in [6.45, 7) is 2.33. The molecule has 0 amide bonds. The second-order valence-electron chi connectivity index (χ2n) is 9.16. The third kappa shape index (κ3) is 3.18. The second-order valence-corrected chi connectivity index (χ2v) is 9.16. The van der Waals surface area contributed by atoms with E-state index >= 15 is 0 Å². The number of benzene rings is 1. The Hall–Kier alpha value is -3.22. The number of hydrogen-bond donors (Lipinski definition) is 2. The molecule has 3 aromatic heterocycles. The molecule has 2 unspecified atom stereocenters. The van der Waals surface area contributed by atoms with Crippen LogP contribution in [0.2, 0.25) is 0 Å². The van der Waals surface area contributed by atoms with Gasteiger partial charge in [0.2, 0.25) is 0 Å². The standard InChI is InChI=1S/C25H24F2N4O/c1-13-14-4-6-15(7-5-14)23(13)30-22-11-20(21-3-2-8-32-21)29-25(31-22)18-12-28-24-17(18)9-16(26)10-19(24)27/h2-3,8-15,23,28H,4-7H2,1H3,(H,29,30,31). The molecule has 0 saturated heterocycles. The molecule has 2 bridgehead atoms. The van der Waals surface area contributed by atoms with E-state index in [-0.39, 0.29) is 5.52 Å². The predicted molar refractivity (Wildman–Crippen MR) is 119 cm³/mol. The number of H-pyrrole nitrogens is 1. The third-order valence-electron chi connectivity index (χ3n) is 7.40. The number of hydrogen-bond acceptors (Lipinski definition) is 4. The van der Waals surface area contributed by atoms with Gasteiger partial charge in [0, 0.05) is 35.3 Å². The summed E-state index contributed by atoms with van der Waals surface area (Å²) in [5.74, 6) is 2.40. The van der Waals surface area contributed by atoms with Crippen LogP contribution >= 0.6 is 0 Å². The van der Waals surface area contributed by atoms with E-state index in [0.29, 0.717) is 51.9 Å². The Morgan fingerprint density at radius 1 is 1.06 bits per heavy atom. The first-order chi connectivity index (χ1) is 15.6. The highest BCUT2D eigenvalue weighted by molar-refractivity contribution is 5.94. The average molecular weight is 434 g/mol. The highest BCUT2D eigenvalue weighted by atomic mass is 19.1. The van der Waals surface area contributed by atoms with Crippen LogP contribution in [0.25, 0.3) is 33.7 Å². The quantitative estimate of drug-likeness (QED) is 0.390. The van der Waals surface area contributed by atoms with Crippen LogP contribution in [0.1, 0.15) is 32.6 Å². The fraction of sp³-hybridized carbons (Fsp3) is 0.360. The SMILES string of the molecule is CC1C2CCC(CC2)C1Nc1cc(-c2ccco2)nc(-c2c[nH]c3c(F)cc(F)cc23)n1. The van der Waals surface area contributed by atoms with Crippen molar-refractivity contribution < 1.29 is 13.2 Å². The molecule has 0 aliphatic heterocycles. The summed E-state index contributed by atoms with van der Waals surface area (Å²) in [5, 5.41) is 4.10. The lowest BCUT2D eigenvalue weighted by atomic mass is 9.62. The van der Waals surface area contributed by atoms with Gasteiger partial charge in [-0.1, -0.05) is 6.92 Å². The van der Waals surface area contributed by atoms with Gasteiger partial charge in [-0.15, -0.1) is 0 Å². The van der Waals surface area contributed by atoms with Gasteiger partial charge >= 0.3 is 0 Å². The van der Waals surface area contributed by atoms with Gasteiger partial charge in [0.15, 0.2) is 11.6 Å². The maximum absolute atomic E-state index is 14.3. The largest absolute Gasteiger partial charge is 0.463 e. The number of aromatic nitrogens is 3. The number of fused-ring (bicyclic) bond motifs is 4. The summed E-state index contributed by atoms with van der Waals surface area (Å²) in [6, 6.07) is 8.08. The van der Waals surface area contributed by atoms with Gasteiger partial charge in [0.1, 0.15) is 23.1 Å². The number of aromatic amines is 1. The minimum atomic E-state index is -0.640. The van der Waals surface area contributed by atoms with Crippen molar-refractivity contribution in [2.45, 2.75) is 38.6 Å². The maximum atomic E-state index is 14.3. The molecule has 1 aromatic carbocycles. The lowest BCUT2D eigenvalue weighted by Gasteiger charge is -2.47. The van der Waals surface area contributed by atoms with Crippen molar-refractivity contribution in [3.63, 3.8) is 0 Å². The van der Waals surface area contributed by atoms with Gasteiger partial charge in [-0.25, -0.2) is 18.7 Å². The van der Waals surface area contributed by atoms with Crippen LogP contribution in [0, 0.1) is 29.4 Å². The lowest BCUT2D eigenvalue weighted by molar-refractivity contribution is 0.0928. The van der Waals surface area contributed by atoms with Crippen molar-refractivity contribution in [2.24, 2.45) is 17.8 Å². The highest BCUT2D eigenvalue weighted by Gasteiger charge is 2.41. The zero-order chi connectivity index (χ0) is 21.8. The van der Waals surface area contributed by atoms with Gasteiger partial charge < -0.3 is 14.7 Å². The number of anilines is 1. The molecular weight excluding hydrogens is 410 g/mol. The minimum absolute atomic E-state index is 0.237. The normalized spacial score (nSPS) is 24.8. The molecule has 2 N–H and O–H groups in total. The van der Waals surface area contributed by atoms with E-state index in [9.17, 15) is 8.78 Å². The van der Waals surface area contributed by atoms with E-state index in [1.54, 1.807) is 12.5 Å². The summed E-state index contributed by atoms with van der Waals surface area (Å²) < 4.78 is 33.8. The van der Waals surface area contributed by atoms with Crippen LogP contribution in [-0.4, -0.2) is 21.0 Å². The topological polar surface area (TPSA) is 66.7 Å². The fourth-order valence-electron chi connectivity index (χ4n) is 5.70. The average Bonchev–Trinajstić information content (AvgIpc) is 3.47. The molecule has 3 saturated carbocycles. The molecule has 3 aliphatic rings. The Balaban J connectivity index is 1.46. The molecule has 164 valence electrons. The number of furan rings is 1. The molecular formula is C25H24F2N4O. The third-order valence-corrected chi connectivity index (χ3v) is 7.40. The molecule has 0 spiro atoms. The van der Waals surface area contributed by atoms with E-state index in [2.05, 4.69) is 22.2 Å². The van der Waals surface area contributed by atoms with E-state index in [4.69, 9.17) is 9.40 Å². The van der Waals surface area contributed by atoms with Crippen LogP contribution in [0.3, 0.4) is 0 Å². The first kappa shape index (κ1) is 19.5. The number of rotatable bonds is 4. The number of nitrogens with zero attached hydrogens (tertiary/aromatic N) is 2. The van der Waals surface area contributed by atoms with Gasteiger partial charge in [0.05, 0.1) is 11.8 Å². The molecule has 7 heteroatoms. The number of nitrogens with one attached hydrogen (secondary N) is 2. The first-order valence-corrected chi connectivity index (χ1v) is 11.2. The smallest absolute Gasteiger partial charge is 0.164 e. The monoisotopic (exact) mass is 434 g/mol. The van der Waals surface area contributed by atoms with E-state index < -0.39 is 11.6 Å². The van der Waals surface area contributed by atoms with Crippen LogP contribution < -0.4 is 5.32 Å². The molecule has 32 heavy (non-hydrogen) atoms. The van der Waals surface area contributed by atoms with Gasteiger partial charge in [0.25, 0.3) is 0 Å². The Morgan fingerprint density at radius 2 is 1.88 bits per heavy atom. The molecule has 2 atom stereocenters. The molecule has 3 aliphatic carbocycles. The second kappa shape index (κ2) is 7.43. The highest BCUT2D eigenvalue weighted by Crippen LogP contribution is 2.46. The minimum Gasteiger partial charge on any atom is -0.463 e. The summed E-state index contributed by atoms with van der Waals surface area (Å²) in [5.41, 5.74) is 1.41. The maximum Gasteiger partial charge on any atom is 0.164 e. The molecule has 7 rings (SSSR count). The van der Waals surface area contributed by atoms with Crippen molar-refractivity contribution in [3.05, 3.63) is 54.4 Å². The van der Waals surface area contributed by atoms with Crippen molar-refractivity contribution in [1.29, 1.82) is 0 Å². The van der Waals surface area contributed by atoms with Crippen molar-refractivity contribution in [1.82, 2.24) is 15.0 Å². The Morgan fingerprint density at radius 3 is 2.62 bits per heavy atom. The Labute approximate surface area is 184 Å². The molecule has 5 nitrogen and oxygen atoms in total. The zero-order valence-corrected chi connectivity index (χ0v) is 17.7. The van der Waals surface area contributed by atoms with E-state index in [1.165, 1.54) is 31.7 Å². The van der Waals surface area contributed by atoms with Crippen molar-refractivity contribution in [3.8, 4) is 22.8 Å². The van der Waals surface area contributed by atoms with Crippen LogP contribution in [-0.2, 0) is 0 Å². The molecule has 0 radical (unpaired) electrons. The summed E-state index contributed by atoms with van der Waals surface area (Å²) in [4.78, 5) is 12.4. The van der Waals surface area contributed by atoms with Crippen LogP contribution in [0.5, 0.6) is 0 Å². The van der Waals surface area contributed by atoms with E-state index in [0.717, 1.165) is 12.0 Å². The van der Waals surface area contributed by atoms with Crippen LogP contribution in [0.4, 0.5) is 14.6 Å². The first-order valence-electron chi connectivity index (χ1n) is 11.2. The van der Waals surface area contributed by atoms with Crippen LogP contribution in [0.15, 0.2) is 47.2 Å². The predicted octanol–water partition coefficient (Wildman–Crippen LogP) is 6.40. The van der Waals surface area contributed by atoms with Crippen molar-refractivity contribution in [2.75, 3.05) is 5.32 Å². The molecule has 3 fully saturated rings. The van der Waals surface area contributed by atoms with Gasteiger partial charge in [-0.3, -0.25) is 0 Å². The lowest BCUT2D eigenvalue weighted by Crippen LogP contribution is -2.47. The van der Waals surface area contributed by atoms with E-state index in [1.807, 2.05) is 18.2 Å². The Kier molecular flexibility index (Phi) is 4.52. The van der Waals surface area contributed by atoms with Crippen molar-refractivity contribution >= 4 is 16.7 Å². The Bertz CT molecular complexity index is 1270. The summed E-state index contributed by atoms with van der Waals surface area (Å²) >= 11 is 0. The fourth-order valence-corrected chi connectivity index (χ4v) is 5.70. The van der Waals surface area contributed by atoms with Gasteiger partial charge in [-0.2, -0.15) is 0 Å². The number of halogens is 2. The summed E-state index contributed by atoms with van der Waals surface area (Å²) in [7, 11) is 0. The zero-order valence-electron chi connectivity index (χ0n) is 17.7. The molecule has 3 heterocycles.